The summed E-state index contributed by atoms with van der Waals surface area (Å²) >= 11 is 0. The Morgan fingerprint density at radius 2 is 1.52 bits per heavy atom. The number of hydrazine groups is 1. The highest BCUT2D eigenvalue weighted by molar-refractivity contribution is 5.95. The molecule has 0 aliphatic rings. The highest BCUT2D eigenvalue weighted by Gasteiger charge is 2.08. The molecule has 0 spiro atoms. The van der Waals surface area contributed by atoms with E-state index < -0.39 is 11.8 Å². The van der Waals surface area contributed by atoms with Crippen LogP contribution in [-0.4, -0.2) is 25.5 Å². The molecule has 0 unspecified atom stereocenters. The first-order valence-electron chi connectivity index (χ1n) is 7.01. The summed E-state index contributed by atoms with van der Waals surface area (Å²) < 4.78 is 10.3. The van der Waals surface area contributed by atoms with Crippen molar-refractivity contribution in [2.45, 2.75) is 6.92 Å². The zero-order valence-electron chi connectivity index (χ0n) is 13.0. The summed E-state index contributed by atoms with van der Waals surface area (Å²) in [6, 6.07) is 13.9. The van der Waals surface area contributed by atoms with E-state index in [0.717, 1.165) is 5.56 Å². The summed E-state index contributed by atoms with van der Waals surface area (Å²) in [5, 5.41) is 0. The van der Waals surface area contributed by atoms with Gasteiger partial charge in [0.2, 0.25) is 0 Å². The van der Waals surface area contributed by atoms with E-state index in [0.29, 0.717) is 17.1 Å². The average molecular weight is 314 g/mol. The Morgan fingerprint density at radius 3 is 2.13 bits per heavy atom. The molecule has 0 bridgehead atoms. The maximum atomic E-state index is 11.9. The van der Waals surface area contributed by atoms with E-state index in [9.17, 15) is 9.59 Å². The molecule has 0 atom stereocenters. The molecule has 6 heteroatoms. The van der Waals surface area contributed by atoms with Gasteiger partial charge in [-0.3, -0.25) is 20.4 Å². The SMILES string of the molecule is COc1ccc(C(=O)NNC(=O)COc2ccc(C)cc2)cc1. The Morgan fingerprint density at radius 1 is 0.913 bits per heavy atom. The topological polar surface area (TPSA) is 76.7 Å². The number of carbonyl (C=O) groups is 2. The number of amides is 2. The number of hydrogen-bond donors (Lipinski definition) is 2. The predicted molar refractivity (Wildman–Crippen MR) is 85.3 cm³/mol. The molecule has 0 aliphatic carbocycles. The number of rotatable bonds is 5. The zero-order valence-corrected chi connectivity index (χ0v) is 13.0. The minimum Gasteiger partial charge on any atom is -0.497 e. The number of benzene rings is 2. The molecule has 2 rings (SSSR count). The van der Waals surface area contributed by atoms with Gasteiger partial charge in [-0.25, -0.2) is 0 Å². The second-order valence-electron chi connectivity index (χ2n) is 4.83. The second kappa shape index (κ2) is 7.84. The van der Waals surface area contributed by atoms with Crippen LogP contribution >= 0.6 is 0 Å². The molecule has 2 aromatic rings. The van der Waals surface area contributed by atoms with Gasteiger partial charge in [-0.1, -0.05) is 17.7 Å². The number of nitrogens with one attached hydrogen (secondary N) is 2. The molecule has 0 heterocycles. The van der Waals surface area contributed by atoms with Crippen molar-refractivity contribution in [2.75, 3.05) is 13.7 Å². The summed E-state index contributed by atoms with van der Waals surface area (Å²) in [5.74, 6) is 0.369. The molecule has 0 aliphatic heterocycles. The monoisotopic (exact) mass is 314 g/mol. The number of hydrogen-bond acceptors (Lipinski definition) is 4. The Labute approximate surface area is 134 Å². The van der Waals surface area contributed by atoms with E-state index in [2.05, 4.69) is 10.9 Å². The third-order valence-electron chi connectivity index (χ3n) is 3.06. The van der Waals surface area contributed by atoms with Gasteiger partial charge in [-0.05, 0) is 43.3 Å². The van der Waals surface area contributed by atoms with Gasteiger partial charge < -0.3 is 9.47 Å². The zero-order chi connectivity index (χ0) is 16.7. The number of aryl methyl sites for hydroxylation is 1. The fourth-order valence-corrected chi connectivity index (χ4v) is 1.76. The van der Waals surface area contributed by atoms with Crippen molar-refractivity contribution in [3.05, 3.63) is 59.7 Å². The van der Waals surface area contributed by atoms with Crippen LogP contribution in [0.15, 0.2) is 48.5 Å². The lowest BCUT2D eigenvalue weighted by atomic mass is 10.2. The molecule has 6 nitrogen and oxygen atoms in total. The first kappa shape index (κ1) is 16.4. The predicted octanol–water partition coefficient (Wildman–Crippen LogP) is 1.84. The molecule has 23 heavy (non-hydrogen) atoms. The molecule has 0 saturated carbocycles. The van der Waals surface area contributed by atoms with Crippen molar-refractivity contribution in [3.63, 3.8) is 0 Å². The highest BCUT2D eigenvalue weighted by Crippen LogP contribution is 2.11. The first-order chi connectivity index (χ1) is 11.1. The van der Waals surface area contributed by atoms with E-state index in [4.69, 9.17) is 9.47 Å². The van der Waals surface area contributed by atoms with Gasteiger partial charge >= 0.3 is 0 Å². The molecular formula is C17H18N2O4. The van der Waals surface area contributed by atoms with Crippen LogP contribution in [0.5, 0.6) is 11.5 Å². The molecule has 2 N–H and O–H groups in total. The van der Waals surface area contributed by atoms with Gasteiger partial charge in [0.1, 0.15) is 11.5 Å². The molecule has 0 fully saturated rings. The van der Waals surface area contributed by atoms with Crippen LogP contribution in [0.4, 0.5) is 0 Å². The van der Waals surface area contributed by atoms with Gasteiger partial charge in [0.05, 0.1) is 7.11 Å². The van der Waals surface area contributed by atoms with Gasteiger partial charge in [-0.15, -0.1) is 0 Å². The quantitative estimate of drug-likeness (QED) is 0.826. The van der Waals surface area contributed by atoms with Crippen LogP contribution < -0.4 is 20.3 Å². The molecule has 0 radical (unpaired) electrons. The lowest BCUT2D eigenvalue weighted by Crippen LogP contribution is -2.43. The van der Waals surface area contributed by atoms with Crippen LogP contribution in [0.25, 0.3) is 0 Å². The number of carbonyl (C=O) groups excluding carboxylic acids is 2. The molecule has 2 aromatic carbocycles. The van der Waals surface area contributed by atoms with Crippen molar-refractivity contribution < 1.29 is 19.1 Å². The second-order valence-corrected chi connectivity index (χ2v) is 4.83. The van der Waals surface area contributed by atoms with Gasteiger partial charge in [-0.2, -0.15) is 0 Å². The lowest BCUT2D eigenvalue weighted by molar-refractivity contribution is -0.123. The van der Waals surface area contributed by atoms with Gasteiger partial charge in [0, 0.05) is 5.56 Å². The highest BCUT2D eigenvalue weighted by atomic mass is 16.5. The van der Waals surface area contributed by atoms with Gasteiger partial charge in [0.25, 0.3) is 11.8 Å². The molecule has 0 aromatic heterocycles. The maximum Gasteiger partial charge on any atom is 0.276 e. The normalized spacial score (nSPS) is 9.83. The molecular weight excluding hydrogens is 296 g/mol. The largest absolute Gasteiger partial charge is 0.497 e. The Bertz CT molecular complexity index is 666. The summed E-state index contributed by atoms with van der Waals surface area (Å²) in [6.07, 6.45) is 0. The maximum absolute atomic E-state index is 11.9. The minimum absolute atomic E-state index is 0.189. The van der Waals surface area contributed by atoms with Crippen LogP contribution in [0.1, 0.15) is 15.9 Å². The number of ether oxygens (including phenoxy) is 2. The lowest BCUT2D eigenvalue weighted by Gasteiger charge is -2.09. The minimum atomic E-state index is -0.451. The Balaban J connectivity index is 1.76. The van der Waals surface area contributed by atoms with Crippen LogP contribution in [-0.2, 0) is 4.79 Å². The average Bonchev–Trinajstić information content (AvgIpc) is 2.59. The third-order valence-corrected chi connectivity index (χ3v) is 3.06. The molecule has 0 saturated heterocycles. The summed E-state index contributed by atoms with van der Waals surface area (Å²) in [5.41, 5.74) is 6.13. The van der Waals surface area contributed by atoms with Crippen LogP contribution in [0, 0.1) is 6.92 Å². The van der Waals surface area contributed by atoms with Crippen LogP contribution in [0.3, 0.4) is 0 Å². The third kappa shape index (κ3) is 5.03. The molecule has 2 amide bonds. The van der Waals surface area contributed by atoms with E-state index in [1.54, 1.807) is 43.5 Å². The van der Waals surface area contributed by atoms with Crippen molar-refractivity contribution in [1.29, 1.82) is 0 Å². The van der Waals surface area contributed by atoms with Crippen molar-refractivity contribution in [1.82, 2.24) is 10.9 Å². The van der Waals surface area contributed by atoms with E-state index in [-0.39, 0.29) is 6.61 Å². The van der Waals surface area contributed by atoms with Crippen molar-refractivity contribution in [3.8, 4) is 11.5 Å². The van der Waals surface area contributed by atoms with Crippen molar-refractivity contribution in [2.24, 2.45) is 0 Å². The fourth-order valence-electron chi connectivity index (χ4n) is 1.76. The first-order valence-corrected chi connectivity index (χ1v) is 7.01. The summed E-state index contributed by atoms with van der Waals surface area (Å²) in [7, 11) is 1.54. The number of methoxy groups -OCH3 is 1. The van der Waals surface area contributed by atoms with E-state index in [1.165, 1.54) is 0 Å². The Hall–Kier alpha value is -3.02. The van der Waals surface area contributed by atoms with Gasteiger partial charge in [0.15, 0.2) is 6.61 Å². The summed E-state index contributed by atoms with van der Waals surface area (Å²) in [4.78, 5) is 23.5. The smallest absolute Gasteiger partial charge is 0.276 e. The molecule has 120 valence electrons. The Kier molecular flexibility index (Phi) is 5.57. The van der Waals surface area contributed by atoms with E-state index in [1.807, 2.05) is 19.1 Å². The standard InChI is InChI=1S/C17H18N2O4/c1-12-3-7-15(8-4-12)23-11-16(20)18-19-17(21)13-5-9-14(22-2)10-6-13/h3-10H,11H2,1-2H3,(H,18,20)(H,19,21). The van der Waals surface area contributed by atoms with Crippen LogP contribution in [0.2, 0.25) is 0 Å². The van der Waals surface area contributed by atoms with E-state index >= 15 is 0 Å². The van der Waals surface area contributed by atoms with Crippen molar-refractivity contribution >= 4 is 11.8 Å². The summed E-state index contributed by atoms with van der Waals surface area (Å²) in [6.45, 7) is 1.77. The fraction of sp³-hybridized carbons (Fsp3) is 0.176.